The summed E-state index contributed by atoms with van der Waals surface area (Å²) in [6, 6.07) is 8.12. The number of ether oxygens (including phenoxy) is 1. The van der Waals surface area contributed by atoms with E-state index in [1.165, 1.54) is 16.8 Å². The van der Waals surface area contributed by atoms with Gasteiger partial charge in [0.25, 0.3) is 0 Å². The molecule has 1 aromatic heterocycles. The van der Waals surface area contributed by atoms with Crippen LogP contribution in [-0.2, 0) is 6.54 Å². The molecule has 16 heavy (non-hydrogen) atoms. The topological polar surface area (TPSA) is 21.3 Å². The van der Waals surface area contributed by atoms with E-state index in [4.69, 9.17) is 4.74 Å². The number of hydrogen-bond donors (Lipinski definition) is 1. The molecule has 0 aliphatic heterocycles. The molecule has 0 unspecified atom stereocenters. The Labute approximate surface area is 99.9 Å². The fourth-order valence-electron chi connectivity index (χ4n) is 1.48. The second-order valence-corrected chi connectivity index (χ2v) is 4.41. The monoisotopic (exact) mass is 233 g/mol. The van der Waals surface area contributed by atoms with Crippen molar-refractivity contribution in [1.82, 2.24) is 0 Å². The summed E-state index contributed by atoms with van der Waals surface area (Å²) in [4.78, 5) is 0. The summed E-state index contributed by atoms with van der Waals surface area (Å²) >= 11 is 1.72. The maximum absolute atomic E-state index is 5.12. The first kappa shape index (κ1) is 11.0. The van der Waals surface area contributed by atoms with Crippen LogP contribution < -0.4 is 10.1 Å². The number of rotatable bonds is 4. The van der Waals surface area contributed by atoms with Crippen LogP contribution in [0.4, 0.5) is 5.69 Å². The quantitative estimate of drug-likeness (QED) is 0.869. The lowest BCUT2D eigenvalue weighted by Crippen LogP contribution is -1.99. The molecule has 84 valence electrons. The first-order valence-corrected chi connectivity index (χ1v) is 6.13. The lowest BCUT2D eigenvalue weighted by Gasteiger charge is -2.06. The van der Waals surface area contributed by atoms with Gasteiger partial charge in [-0.3, -0.25) is 0 Å². The van der Waals surface area contributed by atoms with Crippen molar-refractivity contribution in [3.8, 4) is 5.75 Å². The molecule has 1 aromatic carbocycles. The van der Waals surface area contributed by atoms with Crippen molar-refractivity contribution in [1.29, 1.82) is 0 Å². The molecular weight excluding hydrogens is 218 g/mol. The summed E-state index contributed by atoms with van der Waals surface area (Å²) in [5.41, 5.74) is 3.78. The summed E-state index contributed by atoms with van der Waals surface area (Å²) < 4.78 is 5.12. The highest BCUT2D eigenvalue weighted by molar-refractivity contribution is 7.08. The number of hydrogen-bond acceptors (Lipinski definition) is 3. The number of thiophene rings is 1. The molecule has 2 rings (SSSR count). The SMILES string of the molecule is COc1ccc(CNc2cscc2C)cc1. The summed E-state index contributed by atoms with van der Waals surface area (Å²) in [6.07, 6.45) is 0. The van der Waals surface area contributed by atoms with E-state index >= 15 is 0 Å². The van der Waals surface area contributed by atoms with E-state index in [-0.39, 0.29) is 0 Å². The van der Waals surface area contributed by atoms with Crippen LogP contribution in [0.5, 0.6) is 5.75 Å². The minimum Gasteiger partial charge on any atom is -0.497 e. The molecule has 3 heteroatoms. The number of aryl methyl sites for hydroxylation is 1. The molecule has 0 saturated heterocycles. The Balaban J connectivity index is 1.97. The van der Waals surface area contributed by atoms with Crippen molar-refractivity contribution >= 4 is 17.0 Å². The normalized spacial score (nSPS) is 10.1. The molecule has 0 aliphatic carbocycles. The van der Waals surface area contributed by atoms with Gasteiger partial charge in [-0.2, -0.15) is 0 Å². The van der Waals surface area contributed by atoms with Crippen LogP contribution in [0, 0.1) is 6.92 Å². The Hall–Kier alpha value is -1.48. The van der Waals surface area contributed by atoms with Crippen molar-refractivity contribution < 1.29 is 4.74 Å². The van der Waals surface area contributed by atoms with Gasteiger partial charge in [0.1, 0.15) is 5.75 Å². The third-order valence-electron chi connectivity index (χ3n) is 2.50. The van der Waals surface area contributed by atoms with Gasteiger partial charge in [-0.05, 0) is 35.6 Å². The van der Waals surface area contributed by atoms with Gasteiger partial charge in [0.05, 0.1) is 7.11 Å². The molecule has 0 atom stereocenters. The van der Waals surface area contributed by atoms with Crippen molar-refractivity contribution in [2.24, 2.45) is 0 Å². The van der Waals surface area contributed by atoms with E-state index in [0.29, 0.717) is 0 Å². The van der Waals surface area contributed by atoms with E-state index in [9.17, 15) is 0 Å². The fraction of sp³-hybridized carbons (Fsp3) is 0.231. The molecule has 2 nitrogen and oxygen atoms in total. The maximum atomic E-state index is 5.12. The first-order chi connectivity index (χ1) is 7.79. The Morgan fingerprint density at radius 1 is 1.19 bits per heavy atom. The van der Waals surface area contributed by atoms with Gasteiger partial charge in [0.15, 0.2) is 0 Å². The van der Waals surface area contributed by atoms with E-state index in [1.807, 2.05) is 12.1 Å². The van der Waals surface area contributed by atoms with E-state index < -0.39 is 0 Å². The first-order valence-electron chi connectivity index (χ1n) is 5.19. The van der Waals surface area contributed by atoms with E-state index in [2.05, 4.69) is 35.1 Å². The zero-order valence-corrected chi connectivity index (χ0v) is 10.3. The van der Waals surface area contributed by atoms with Gasteiger partial charge in [-0.15, -0.1) is 11.3 Å². The largest absolute Gasteiger partial charge is 0.497 e. The minimum atomic E-state index is 0.849. The average Bonchev–Trinajstić information content (AvgIpc) is 2.73. The van der Waals surface area contributed by atoms with Crippen LogP contribution in [0.1, 0.15) is 11.1 Å². The van der Waals surface area contributed by atoms with Crippen molar-refractivity contribution in [3.05, 3.63) is 46.2 Å². The average molecular weight is 233 g/mol. The highest BCUT2D eigenvalue weighted by Crippen LogP contribution is 2.20. The van der Waals surface area contributed by atoms with Gasteiger partial charge in [-0.25, -0.2) is 0 Å². The van der Waals surface area contributed by atoms with Crippen molar-refractivity contribution in [3.63, 3.8) is 0 Å². The molecule has 0 fully saturated rings. The Morgan fingerprint density at radius 2 is 1.94 bits per heavy atom. The van der Waals surface area contributed by atoms with Crippen LogP contribution in [0.15, 0.2) is 35.0 Å². The third-order valence-corrected chi connectivity index (χ3v) is 3.36. The zero-order valence-electron chi connectivity index (χ0n) is 9.49. The molecule has 1 heterocycles. The number of nitrogens with one attached hydrogen (secondary N) is 1. The van der Waals surface area contributed by atoms with Crippen LogP contribution >= 0.6 is 11.3 Å². The van der Waals surface area contributed by atoms with E-state index in [1.54, 1.807) is 18.4 Å². The highest BCUT2D eigenvalue weighted by atomic mass is 32.1. The zero-order chi connectivity index (χ0) is 11.4. The van der Waals surface area contributed by atoms with Crippen molar-refractivity contribution in [2.75, 3.05) is 12.4 Å². The van der Waals surface area contributed by atoms with Crippen LogP contribution in [-0.4, -0.2) is 7.11 Å². The molecule has 0 spiro atoms. The predicted octanol–water partition coefficient (Wildman–Crippen LogP) is 3.68. The van der Waals surface area contributed by atoms with Gasteiger partial charge < -0.3 is 10.1 Å². The molecule has 0 bridgehead atoms. The highest BCUT2D eigenvalue weighted by Gasteiger charge is 1.98. The Morgan fingerprint density at radius 3 is 2.50 bits per heavy atom. The maximum Gasteiger partial charge on any atom is 0.118 e. The lowest BCUT2D eigenvalue weighted by molar-refractivity contribution is 0.414. The number of benzene rings is 1. The minimum absolute atomic E-state index is 0.849. The van der Waals surface area contributed by atoms with Crippen molar-refractivity contribution in [2.45, 2.75) is 13.5 Å². The van der Waals surface area contributed by atoms with Gasteiger partial charge in [-0.1, -0.05) is 12.1 Å². The van der Waals surface area contributed by atoms with E-state index in [0.717, 1.165) is 12.3 Å². The molecule has 0 radical (unpaired) electrons. The van der Waals surface area contributed by atoms with Crippen LogP contribution in [0.3, 0.4) is 0 Å². The predicted molar refractivity (Wildman–Crippen MR) is 69.4 cm³/mol. The second kappa shape index (κ2) is 5.03. The molecular formula is C13H15NOS. The summed E-state index contributed by atoms with van der Waals surface area (Å²) in [7, 11) is 1.68. The standard InChI is InChI=1S/C13H15NOS/c1-10-8-16-9-13(10)14-7-11-3-5-12(15-2)6-4-11/h3-6,8-9,14H,7H2,1-2H3. The van der Waals surface area contributed by atoms with Crippen LogP contribution in [0.25, 0.3) is 0 Å². The molecule has 0 amide bonds. The van der Waals surface area contributed by atoms with Gasteiger partial charge in [0, 0.05) is 17.6 Å². The third kappa shape index (κ3) is 2.55. The second-order valence-electron chi connectivity index (χ2n) is 3.67. The Kier molecular flexibility index (Phi) is 3.47. The smallest absolute Gasteiger partial charge is 0.118 e. The molecule has 0 aliphatic rings. The molecule has 0 saturated carbocycles. The fourth-order valence-corrected chi connectivity index (χ4v) is 2.29. The number of methoxy groups -OCH3 is 1. The van der Waals surface area contributed by atoms with Gasteiger partial charge >= 0.3 is 0 Å². The Bertz CT molecular complexity index is 447. The van der Waals surface area contributed by atoms with Crippen LogP contribution in [0.2, 0.25) is 0 Å². The molecule has 1 N–H and O–H groups in total. The summed E-state index contributed by atoms with van der Waals surface area (Å²) in [5, 5.41) is 7.70. The van der Waals surface area contributed by atoms with Gasteiger partial charge in [0.2, 0.25) is 0 Å². The lowest BCUT2D eigenvalue weighted by atomic mass is 10.2. The summed E-state index contributed by atoms with van der Waals surface area (Å²) in [6.45, 7) is 2.97. The summed E-state index contributed by atoms with van der Waals surface area (Å²) in [5.74, 6) is 0.899. The number of anilines is 1. The molecule has 2 aromatic rings.